The second-order valence-electron chi connectivity index (χ2n) is 2.66. The van der Waals surface area contributed by atoms with Crippen LogP contribution >= 0.6 is 0 Å². The fourth-order valence-electron chi connectivity index (χ4n) is 0.912. The third kappa shape index (κ3) is 2.02. The molecule has 0 radical (unpaired) electrons. The number of nitrogens with zero attached hydrogens (tertiary/aromatic N) is 1. The van der Waals surface area contributed by atoms with Crippen molar-refractivity contribution in [3.63, 3.8) is 0 Å². The Balaban J connectivity index is 2.81. The van der Waals surface area contributed by atoms with E-state index < -0.39 is 0 Å². The van der Waals surface area contributed by atoms with E-state index in [1.807, 2.05) is 26.0 Å². The molecule has 0 spiro atoms. The SMILES string of the molecule is CC[C@@H](O)c1ccc(C)nc1. The fraction of sp³-hybridized carbons (Fsp3) is 0.444. The van der Waals surface area contributed by atoms with Crippen LogP contribution in [0.4, 0.5) is 0 Å². The zero-order valence-electron chi connectivity index (χ0n) is 6.91. The third-order valence-corrected chi connectivity index (χ3v) is 1.71. The summed E-state index contributed by atoms with van der Waals surface area (Å²) in [7, 11) is 0. The predicted molar refractivity (Wildman–Crippen MR) is 44.2 cm³/mol. The molecule has 0 aliphatic carbocycles. The molecule has 1 atom stereocenters. The normalized spacial score (nSPS) is 13.0. The standard InChI is InChI=1S/C9H13NO/c1-3-9(11)8-5-4-7(2)10-6-8/h4-6,9,11H,3H2,1-2H3/t9-/m1/s1. The van der Waals surface area contributed by atoms with Crippen LogP contribution in [-0.4, -0.2) is 10.1 Å². The number of aryl methyl sites for hydroxylation is 1. The Bertz CT molecular complexity index is 218. The van der Waals surface area contributed by atoms with Gasteiger partial charge in [-0.05, 0) is 25.0 Å². The van der Waals surface area contributed by atoms with E-state index in [0.29, 0.717) is 0 Å². The number of rotatable bonds is 2. The van der Waals surface area contributed by atoms with Gasteiger partial charge in [0, 0.05) is 11.9 Å². The summed E-state index contributed by atoms with van der Waals surface area (Å²) in [5, 5.41) is 9.38. The van der Waals surface area contributed by atoms with Crippen molar-refractivity contribution in [2.45, 2.75) is 26.4 Å². The highest BCUT2D eigenvalue weighted by Gasteiger charge is 2.02. The monoisotopic (exact) mass is 151 g/mol. The first-order valence-electron chi connectivity index (χ1n) is 3.84. The minimum Gasteiger partial charge on any atom is -0.388 e. The van der Waals surface area contributed by atoms with E-state index in [2.05, 4.69) is 4.98 Å². The van der Waals surface area contributed by atoms with E-state index >= 15 is 0 Å². The Kier molecular flexibility index (Phi) is 2.60. The molecule has 0 amide bonds. The van der Waals surface area contributed by atoms with Gasteiger partial charge in [-0.3, -0.25) is 4.98 Å². The largest absolute Gasteiger partial charge is 0.388 e. The van der Waals surface area contributed by atoms with Gasteiger partial charge in [-0.25, -0.2) is 0 Å². The van der Waals surface area contributed by atoms with E-state index in [1.165, 1.54) is 0 Å². The minimum absolute atomic E-state index is 0.358. The van der Waals surface area contributed by atoms with E-state index in [9.17, 15) is 5.11 Å². The van der Waals surface area contributed by atoms with E-state index in [1.54, 1.807) is 6.20 Å². The van der Waals surface area contributed by atoms with Gasteiger partial charge in [0.15, 0.2) is 0 Å². The van der Waals surface area contributed by atoms with Crippen molar-refractivity contribution in [1.82, 2.24) is 4.98 Å². The molecule has 0 saturated carbocycles. The van der Waals surface area contributed by atoms with E-state index in [-0.39, 0.29) is 6.10 Å². The summed E-state index contributed by atoms with van der Waals surface area (Å²) in [6.07, 6.45) is 2.11. The number of aliphatic hydroxyl groups is 1. The second-order valence-corrected chi connectivity index (χ2v) is 2.66. The number of aliphatic hydroxyl groups excluding tert-OH is 1. The molecule has 1 aromatic rings. The van der Waals surface area contributed by atoms with Gasteiger partial charge in [0.05, 0.1) is 6.10 Å². The molecule has 2 heteroatoms. The van der Waals surface area contributed by atoms with Crippen molar-refractivity contribution in [1.29, 1.82) is 0 Å². The van der Waals surface area contributed by atoms with Crippen molar-refractivity contribution in [3.8, 4) is 0 Å². The quantitative estimate of drug-likeness (QED) is 0.699. The van der Waals surface area contributed by atoms with Gasteiger partial charge in [0.2, 0.25) is 0 Å². The molecule has 1 heterocycles. The van der Waals surface area contributed by atoms with Crippen LogP contribution in [-0.2, 0) is 0 Å². The lowest BCUT2D eigenvalue weighted by Gasteiger charge is -2.06. The van der Waals surface area contributed by atoms with E-state index in [0.717, 1.165) is 17.7 Å². The lowest BCUT2D eigenvalue weighted by molar-refractivity contribution is 0.173. The third-order valence-electron chi connectivity index (χ3n) is 1.71. The van der Waals surface area contributed by atoms with E-state index in [4.69, 9.17) is 0 Å². The first kappa shape index (κ1) is 8.21. The van der Waals surface area contributed by atoms with Crippen LogP contribution in [0.5, 0.6) is 0 Å². The summed E-state index contributed by atoms with van der Waals surface area (Å²) < 4.78 is 0. The molecule has 2 nitrogen and oxygen atoms in total. The average molecular weight is 151 g/mol. The van der Waals surface area contributed by atoms with Crippen LogP contribution in [0.15, 0.2) is 18.3 Å². The Morgan fingerprint density at radius 2 is 2.27 bits per heavy atom. The van der Waals surface area contributed by atoms with Crippen LogP contribution in [0.3, 0.4) is 0 Å². The van der Waals surface area contributed by atoms with Crippen molar-refractivity contribution >= 4 is 0 Å². The Morgan fingerprint density at radius 1 is 1.55 bits per heavy atom. The maximum atomic E-state index is 9.38. The maximum absolute atomic E-state index is 9.38. The molecule has 1 N–H and O–H groups in total. The molecular weight excluding hydrogens is 138 g/mol. The van der Waals surface area contributed by atoms with Gasteiger partial charge in [-0.1, -0.05) is 13.0 Å². The molecule has 0 bridgehead atoms. The molecule has 0 aromatic carbocycles. The molecule has 1 aromatic heterocycles. The highest BCUT2D eigenvalue weighted by molar-refractivity contribution is 5.15. The number of aromatic nitrogens is 1. The van der Waals surface area contributed by atoms with Crippen LogP contribution in [0.2, 0.25) is 0 Å². The summed E-state index contributed by atoms with van der Waals surface area (Å²) in [6, 6.07) is 3.82. The number of hydrogen-bond donors (Lipinski definition) is 1. The Hall–Kier alpha value is -0.890. The summed E-state index contributed by atoms with van der Waals surface area (Å²) in [5.74, 6) is 0. The van der Waals surface area contributed by atoms with Gasteiger partial charge in [0.1, 0.15) is 0 Å². The highest BCUT2D eigenvalue weighted by atomic mass is 16.3. The predicted octanol–water partition coefficient (Wildman–Crippen LogP) is 1.83. The summed E-state index contributed by atoms with van der Waals surface area (Å²) >= 11 is 0. The molecule has 0 unspecified atom stereocenters. The lowest BCUT2D eigenvalue weighted by atomic mass is 10.1. The van der Waals surface area contributed by atoms with Gasteiger partial charge < -0.3 is 5.11 Å². The maximum Gasteiger partial charge on any atom is 0.0802 e. The second kappa shape index (κ2) is 3.49. The van der Waals surface area contributed by atoms with Crippen LogP contribution in [0.1, 0.15) is 30.7 Å². The van der Waals surface area contributed by atoms with Crippen molar-refractivity contribution < 1.29 is 5.11 Å². The molecule has 1 rings (SSSR count). The smallest absolute Gasteiger partial charge is 0.0802 e. The molecule has 0 fully saturated rings. The molecule has 0 aliphatic heterocycles. The van der Waals surface area contributed by atoms with Gasteiger partial charge in [-0.15, -0.1) is 0 Å². The van der Waals surface area contributed by atoms with Crippen molar-refractivity contribution in [3.05, 3.63) is 29.6 Å². The zero-order chi connectivity index (χ0) is 8.27. The molecule has 11 heavy (non-hydrogen) atoms. The fourth-order valence-corrected chi connectivity index (χ4v) is 0.912. The minimum atomic E-state index is -0.358. The topological polar surface area (TPSA) is 33.1 Å². The van der Waals surface area contributed by atoms with Gasteiger partial charge in [0.25, 0.3) is 0 Å². The zero-order valence-corrected chi connectivity index (χ0v) is 6.91. The average Bonchev–Trinajstić information content (AvgIpc) is 2.05. The Morgan fingerprint density at radius 3 is 2.73 bits per heavy atom. The Labute approximate surface area is 66.9 Å². The van der Waals surface area contributed by atoms with Crippen molar-refractivity contribution in [2.24, 2.45) is 0 Å². The molecule has 0 saturated heterocycles. The van der Waals surface area contributed by atoms with Crippen LogP contribution < -0.4 is 0 Å². The van der Waals surface area contributed by atoms with Gasteiger partial charge in [-0.2, -0.15) is 0 Å². The van der Waals surface area contributed by atoms with Gasteiger partial charge >= 0.3 is 0 Å². The highest BCUT2D eigenvalue weighted by Crippen LogP contribution is 2.14. The number of pyridine rings is 1. The first-order chi connectivity index (χ1) is 5.24. The molecule has 0 aliphatic rings. The summed E-state index contributed by atoms with van der Waals surface area (Å²) in [5.41, 5.74) is 1.88. The van der Waals surface area contributed by atoms with Crippen LogP contribution in [0.25, 0.3) is 0 Å². The van der Waals surface area contributed by atoms with Crippen molar-refractivity contribution in [2.75, 3.05) is 0 Å². The molecular formula is C9H13NO. The lowest BCUT2D eigenvalue weighted by Crippen LogP contribution is -1.95. The summed E-state index contributed by atoms with van der Waals surface area (Å²) in [6.45, 7) is 3.88. The number of hydrogen-bond acceptors (Lipinski definition) is 2. The molecule has 60 valence electrons. The summed E-state index contributed by atoms with van der Waals surface area (Å²) in [4.78, 5) is 4.09. The van der Waals surface area contributed by atoms with Crippen LogP contribution in [0, 0.1) is 6.92 Å². The first-order valence-corrected chi connectivity index (χ1v) is 3.84.